The van der Waals surface area contributed by atoms with Gasteiger partial charge in [0.1, 0.15) is 0 Å². The molecule has 1 aliphatic carbocycles. The zero-order valence-electron chi connectivity index (χ0n) is 34.6. The van der Waals surface area contributed by atoms with E-state index in [4.69, 9.17) is 0 Å². The normalized spacial score (nSPS) is 12.6. The number of benzene rings is 10. The van der Waals surface area contributed by atoms with Crippen molar-refractivity contribution in [3.63, 3.8) is 0 Å². The second-order valence-corrected chi connectivity index (χ2v) is 16.4. The maximum Gasteiger partial charge on any atom is 0.0713 e. The molecule has 0 saturated heterocycles. The van der Waals surface area contributed by atoms with E-state index in [9.17, 15) is 0 Å². The molecular formula is C61H42N2. The van der Waals surface area contributed by atoms with Gasteiger partial charge in [-0.2, -0.15) is 0 Å². The zero-order valence-corrected chi connectivity index (χ0v) is 34.6. The van der Waals surface area contributed by atoms with Gasteiger partial charge in [-0.1, -0.05) is 194 Å². The molecule has 1 heterocycles. The Bertz CT molecular complexity index is 3370. The summed E-state index contributed by atoms with van der Waals surface area (Å²) in [7, 11) is 0. The molecule has 12 rings (SSSR count). The molecule has 11 aromatic rings. The van der Waals surface area contributed by atoms with E-state index in [1.54, 1.807) is 0 Å². The smallest absolute Gasteiger partial charge is 0.0713 e. The van der Waals surface area contributed by atoms with Crippen LogP contribution in [-0.4, -0.2) is 4.57 Å². The molecule has 63 heavy (non-hydrogen) atoms. The first kappa shape index (κ1) is 36.6. The van der Waals surface area contributed by atoms with E-state index in [0.29, 0.717) is 0 Å². The van der Waals surface area contributed by atoms with Crippen LogP contribution in [-0.2, 0) is 5.41 Å². The molecule has 0 unspecified atom stereocenters. The number of rotatable bonds is 8. The van der Waals surface area contributed by atoms with Gasteiger partial charge in [-0.15, -0.1) is 0 Å². The Kier molecular flexibility index (Phi) is 8.76. The van der Waals surface area contributed by atoms with Crippen LogP contribution in [0.2, 0.25) is 0 Å². The summed E-state index contributed by atoms with van der Waals surface area (Å²) in [5.41, 5.74) is 18.5. The standard InChI is InChI=1S/C61H42N2/c1-6-20-43(21-7-1)44-34-36-49(37-35-44)62(50-38-39-59-55(40-50)52-31-17-19-33-58(52)63(59)48-28-14-5-15-29-48)60-42-54-51-30-16-18-32-56(51)61(46-24-10-3-11-25-46,47-26-12-4-13-27-47)57(54)41-53(60)45-22-8-2-9-23-45/h1-42H. The number of aromatic nitrogens is 1. The Morgan fingerprint density at radius 3 is 1.52 bits per heavy atom. The zero-order chi connectivity index (χ0) is 41.7. The lowest BCUT2D eigenvalue weighted by Crippen LogP contribution is -2.28. The number of fused-ring (bicyclic) bond motifs is 6. The topological polar surface area (TPSA) is 8.17 Å². The highest BCUT2D eigenvalue weighted by atomic mass is 15.1. The van der Waals surface area contributed by atoms with Gasteiger partial charge in [0.25, 0.3) is 0 Å². The molecule has 296 valence electrons. The fraction of sp³-hybridized carbons (Fsp3) is 0.0164. The van der Waals surface area contributed by atoms with Gasteiger partial charge in [-0.25, -0.2) is 0 Å². The summed E-state index contributed by atoms with van der Waals surface area (Å²) in [6.45, 7) is 0. The quantitative estimate of drug-likeness (QED) is 0.149. The summed E-state index contributed by atoms with van der Waals surface area (Å²) in [6, 6.07) is 93.4. The van der Waals surface area contributed by atoms with Crippen molar-refractivity contribution in [2.24, 2.45) is 0 Å². The van der Waals surface area contributed by atoms with Crippen molar-refractivity contribution in [2.75, 3.05) is 4.90 Å². The third kappa shape index (κ3) is 5.87. The molecule has 10 aromatic carbocycles. The van der Waals surface area contributed by atoms with E-state index in [-0.39, 0.29) is 0 Å². The summed E-state index contributed by atoms with van der Waals surface area (Å²) in [6.07, 6.45) is 0. The molecule has 0 fully saturated rings. The van der Waals surface area contributed by atoms with Crippen LogP contribution in [0.25, 0.3) is 60.9 Å². The van der Waals surface area contributed by atoms with Crippen LogP contribution in [0.5, 0.6) is 0 Å². The lowest BCUT2D eigenvalue weighted by molar-refractivity contribution is 0.769. The van der Waals surface area contributed by atoms with Crippen molar-refractivity contribution in [1.29, 1.82) is 0 Å². The number of hydrogen-bond acceptors (Lipinski definition) is 1. The monoisotopic (exact) mass is 802 g/mol. The summed E-state index contributed by atoms with van der Waals surface area (Å²) in [4.78, 5) is 2.49. The molecular weight excluding hydrogens is 761 g/mol. The maximum absolute atomic E-state index is 2.51. The average Bonchev–Trinajstić information content (AvgIpc) is 3.85. The first-order chi connectivity index (χ1) is 31.3. The van der Waals surface area contributed by atoms with Crippen molar-refractivity contribution in [3.8, 4) is 39.1 Å². The van der Waals surface area contributed by atoms with Crippen molar-refractivity contribution in [3.05, 3.63) is 277 Å². The third-order valence-corrected chi connectivity index (χ3v) is 13.1. The molecule has 0 aliphatic heterocycles. The summed E-state index contributed by atoms with van der Waals surface area (Å²) >= 11 is 0. The molecule has 1 aromatic heterocycles. The second-order valence-electron chi connectivity index (χ2n) is 16.4. The van der Waals surface area contributed by atoms with Gasteiger partial charge in [0, 0.05) is 33.4 Å². The van der Waals surface area contributed by atoms with Gasteiger partial charge < -0.3 is 9.47 Å². The minimum Gasteiger partial charge on any atom is -0.310 e. The summed E-state index contributed by atoms with van der Waals surface area (Å²) < 4.78 is 2.39. The van der Waals surface area contributed by atoms with Crippen molar-refractivity contribution in [1.82, 2.24) is 4.57 Å². The van der Waals surface area contributed by atoms with E-state index in [0.717, 1.165) is 33.9 Å². The van der Waals surface area contributed by atoms with E-state index < -0.39 is 5.41 Å². The predicted octanol–water partition coefficient (Wildman–Crippen LogP) is 16.0. The third-order valence-electron chi connectivity index (χ3n) is 13.1. The van der Waals surface area contributed by atoms with E-state index >= 15 is 0 Å². The molecule has 2 heteroatoms. The fourth-order valence-corrected chi connectivity index (χ4v) is 10.3. The first-order valence-corrected chi connectivity index (χ1v) is 21.8. The number of para-hydroxylation sites is 2. The fourth-order valence-electron chi connectivity index (χ4n) is 10.3. The summed E-state index contributed by atoms with van der Waals surface area (Å²) in [5, 5.41) is 2.43. The Labute approximate surface area is 368 Å². The number of anilines is 3. The van der Waals surface area contributed by atoms with Crippen molar-refractivity contribution >= 4 is 38.9 Å². The highest BCUT2D eigenvalue weighted by Gasteiger charge is 2.46. The summed E-state index contributed by atoms with van der Waals surface area (Å²) in [5.74, 6) is 0. The van der Waals surface area contributed by atoms with Crippen molar-refractivity contribution in [2.45, 2.75) is 5.41 Å². The Hall–Kier alpha value is -8.20. The minimum atomic E-state index is -0.531. The van der Waals surface area contributed by atoms with Gasteiger partial charge in [-0.05, 0) is 111 Å². The molecule has 0 amide bonds. The van der Waals surface area contributed by atoms with E-state index in [1.807, 2.05) is 0 Å². The van der Waals surface area contributed by atoms with Gasteiger partial charge >= 0.3 is 0 Å². The SMILES string of the molecule is c1ccc(-c2ccc(N(c3ccc4c(c3)c3ccccc3n4-c3ccccc3)c3cc4c(cc3-c3ccccc3)C(c3ccccc3)(c3ccccc3)c3ccccc3-4)cc2)cc1. The van der Waals surface area contributed by atoms with Gasteiger partial charge in [0.2, 0.25) is 0 Å². The number of nitrogens with zero attached hydrogens (tertiary/aromatic N) is 2. The van der Waals surface area contributed by atoms with Crippen LogP contribution in [0.1, 0.15) is 22.3 Å². The Morgan fingerprint density at radius 1 is 0.317 bits per heavy atom. The molecule has 0 radical (unpaired) electrons. The second kappa shape index (κ2) is 15.1. The Balaban J connectivity index is 1.17. The highest BCUT2D eigenvalue weighted by molar-refractivity contribution is 6.11. The van der Waals surface area contributed by atoms with Crippen LogP contribution in [0, 0.1) is 0 Å². The van der Waals surface area contributed by atoms with Crippen molar-refractivity contribution < 1.29 is 0 Å². The molecule has 0 N–H and O–H groups in total. The lowest BCUT2D eigenvalue weighted by atomic mass is 9.67. The molecule has 0 bridgehead atoms. The Morgan fingerprint density at radius 2 is 0.841 bits per heavy atom. The predicted molar refractivity (Wildman–Crippen MR) is 264 cm³/mol. The van der Waals surface area contributed by atoms with Gasteiger partial charge in [0.15, 0.2) is 0 Å². The molecule has 1 aliphatic rings. The largest absolute Gasteiger partial charge is 0.310 e. The molecule has 0 spiro atoms. The van der Waals surface area contributed by atoms with Gasteiger partial charge in [0.05, 0.1) is 22.1 Å². The van der Waals surface area contributed by atoms with E-state index in [2.05, 4.69) is 264 Å². The van der Waals surface area contributed by atoms with Crippen LogP contribution in [0.3, 0.4) is 0 Å². The average molecular weight is 803 g/mol. The van der Waals surface area contributed by atoms with Gasteiger partial charge in [-0.3, -0.25) is 0 Å². The van der Waals surface area contributed by atoms with Crippen LogP contribution >= 0.6 is 0 Å². The highest BCUT2D eigenvalue weighted by Crippen LogP contribution is 2.59. The lowest BCUT2D eigenvalue weighted by Gasteiger charge is -2.35. The van der Waals surface area contributed by atoms with Crippen LogP contribution in [0.4, 0.5) is 17.1 Å². The maximum atomic E-state index is 2.51. The number of hydrogen-bond donors (Lipinski definition) is 0. The first-order valence-electron chi connectivity index (χ1n) is 21.8. The van der Waals surface area contributed by atoms with E-state index in [1.165, 1.54) is 66.3 Å². The van der Waals surface area contributed by atoms with Crippen LogP contribution in [0.15, 0.2) is 255 Å². The molecule has 0 saturated carbocycles. The minimum absolute atomic E-state index is 0.531. The van der Waals surface area contributed by atoms with Crippen LogP contribution < -0.4 is 4.90 Å². The molecule has 2 nitrogen and oxygen atoms in total. The molecule has 0 atom stereocenters.